The number of anilines is 1. The largest absolute Gasteiger partial charge is 0.403 e. The molecular weight excluding hydrogens is 356 g/mol. The first-order valence-electron chi connectivity index (χ1n) is 7.62. The first-order valence-corrected chi connectivity index (χ1v) is 8.00. The van der Waals surface area contributed by atoms with Gasteiger partial charge in [-0.2, -0.15) is 0 Å². The normalized spacial score (nSPS) is 10.7. The zero-order valence-electron chi connectivity index (χ0n) is 13.2. The Bertz CT molecular complexity index is 1060. The summed E-state index contributed by atoms with van der Waals surface area (Å²) >= 11 is 6.09. The van der Waals surface area contributed by atoms with E-state index in [1.807, 2.05) is 30.3 Å². The molecular formula is C18H11ClN4O3. The molecule has 0 aliphatic rings. The highest BCUT2D eigenvalue weighted by Gasteiger charge is 2.17. The second-order valence-electron chi connectivity index (χ2n) is 5.29. The first kappa shape index (κ1) is 16.0. The van der Waals surface area contributed by atoms with E-state index in [4.69, 9.17) is 20.5 Å². The van der Waals surface area contributed by atoms with Gasteiger partial charge in [0.05, 0.1) is 10.6 Å². The minimum absolute atomic E-state index is 0.0609. The lowest BCUT2D eigenvalue weighted by Gasteiger charge is -1.97. The number of nitrogens with one attached hydrogen (secondary N) is 1. The van der Waals surface area contributed by atoms with Crippen molar-refractivity contribution < 1.29 is 13.7 Å². The number of aromatic nitrogens is 3. The lowest BCUT2D eigenvalue weighted by atomic mass is 10.1. The van der Waals surface area contributed by atoms with Crippen LogP contribution < -0.4 is 5.32 Å². The summed E-state index contributed by atoms with van der Waals surface area (Å²) < 4.78 is 10.6. The molecule has 1 N–H and O–H groups in total. The molecule has 0 saturated heterocycles. The van der Waals surface area contributed by atoms with E-state index in [-0.39, 0.29) is 17.6 Å². The molecule has 128 valence electrons. The van der Waals surface area contributed by atoms with Gasteiger partial charge in [-0.15, -0.1) is 5.10 Å². The van der Waals surface area contributed by atoms with Crippen LogP contribution in [0.5, 0.6) is 0 Å². The van der Waals surface area contributed by atoms with Crippen molar-refractivity contribution in [2.45, 2.75) is 0 Å². The maximum absolute atomic E-state index is 12.3. The lowest BCUT2D eigenvalue weighted by molar-refractivity contribution is 0.101. The number of carbonyl (C=O) groups excluding carboxylic acids is 1. The smallest absolute Gasteiger partial charge is 0.322 e. The van der Waals surface area contributed by atoms with Gasteiger partial charge < -0.3 is 8.94 Å². The first-order chi connectivity index (χ1) is 12.7. The van der Waals surface area contributed by atoms with Gasteiger partial charge in [0.25, 0.3) is 11.8 Å². The molecule has 0 radical (unpaired) electrons. The van der Waals surface area contributed by atoms with Crippen LogP contribution in [0.3, 0.4) is 0 Å². The molecule has 0 unspecified atom stereocenters. The van der Waals surface area contributed by atoms with E-state index in [0.717, 1.165) is 5.56 Å². The van der Waals surface area contributed by atoms with Crippen molar-refractivity contribution in [1.82, 2.24) is 15.4 Å². The third-order valence-electron chi connectivity index (χ3n) is 3.55. The van der Waals surface area contributed by atoms with Crippen LogP contribution in [0.15, 0.2) is 69.6 Å². The van der Waals surface area contributed by atoms with E-state index in [1.165, 1.54) is 6.07 Å². The van der Waals surface area contributed by atoms with Crippen LogP contribution in [0.25, 0.3) is 22.8 Å². The summed E-state index contributed by atoms with van der Waals surface area (Å²) in [4.78, 5) is 12.3. The summed E-state index contributed by atoms with van der Waals surface area (Å²) in [5.41, 5.74) is 1.49. The number of carbonyl (C=O) groups is 1. The molecule has 2 aromatic carbocycles. The molecule has 26 heavy (non-hydrogen) atoms. The summed E-state index contributed by atoms with van der Waals surface area (Å²) in [6, 6.07) is 17.9. The van der Waals surface area contributed by atoms with E-state index in [1.54, 1.807) is 24.3 Å². The number of halogens is 1. The maximum atomic E-state index is 12.3. The van der Waals surface area contributed by atoms with Crippen molar-refractivity contribution in [2.24, 2.45) is 0 Å². The Hall–Kier alpha value is -3.45. The van der Waals surface area contributed by atoms with Gasteiger partial charge in [0.2, 0.25) is 0 Å². The molecule has 7 nitrogen and oxygen atoms in total. The van der Waals surface area contributed by atoms with Crippen LogP contribution in [0.4, 0.5) is 6.01 Å². The van der Waals surface area contributed by atoms with Crippen LogP contribution >= 0.6 is 11.6 Å². The third-order valence-corrected chi connectivity index (χ3v) is 3.88. The summed E-state index contributed by atoms with van der Waals surface area (Å²) in [6.07, 6.45) is 0. The molecule has 8 heteroatoms. The summed E-state index contributed by atoms with van der Waals surface area (Å²) in [5, 5.41) is 14.4. The summed E-state index contributed by atoms with van der Waals surface area (Å²) in [5.74, 6) is 0.166. The molecule has 2 heterocycles. The number of hydrogen-bond donors (Lipinski definition) is 1. The third kappa shape index (κ3) is 3.20. The van der Waals surface area contributed by atoms with Crippen molar-refractivity contribution in [2.75, 3.05) is 5.32 Å². The van der Waals surface area contributed by atoms with Gasteiger partial charge in [-0.1, -0.05) is 64.3 Å². The lowest BCUT2D eigenvalue weighted by Crippen LogP contribution is -2.12. The van der Waals surface area contributed by atoms with Crippen LogP contribution in [-0.2, 0) is 0 Å². The molecule has 2 aromatic heterocycles. The van der Waals surface area contributed by atoms with Gasteiger partial charge in [-0.3, -0.25) is 10.1 Å². The minimum Gasteiger partial charge on any atom is -0.403 e. The highest BCUT2D eigenvalue weighted by atomic mass is 35.5. The van der Waals surface area contributed by atoms with Crippen LogP contribution in [0, 0.1) is 0 Å². The number of benzene rings is 2. The maximum Gasteiger partial charge on any atom is 0.322 e. The fourth-order valence-electron chi connectivity index (χ4n) is 2.30. The number of nitrogens with zero attached hydrogens (tertiary/aromatic N) is 3. The Morgan fingerprint density at radius 3 is 2.58 bits per heavy atom. The standard InChI is InChI=1S/C18H11ClN4O3/c19-13-9-5-4-8-12(13)17-21-22-18(25-17)20-16(24)14-10-15(26-23-14)11-6-2-1-3-7-11/h1-10H,(H,20,22,24). The van der Waals surface area contributed by atoms with Gasteiger partial charge in [0.15, 0.2) is 11.5 Å². The monoisotopic (exact) mass is 366 g/mol. The average molecular weight is 367 g/mol. The molecule has 1 amide bonds. The van der Waals surface area contributed by atoms with Crippen molar-refractivity contribution >= 4 is 23.5 Å². The van der Waals surface area contributed by atoms with Crippen LogP contribution in [-0.4, -0.2) is 21.3 Å². The molecule has 4 aromatic rings. The number of hydrogen-bond acceptors (Lipinski definition) is 6. The fraction of sp³-hybridized carbons (Fsp3) is 0. The Morgan fingerprint density at radius 2 is 1.77 bits per heavy atom. The molecule has 0 saturated carbocycles. The van der Waals surface area contributed by atoms with E-state index in [9.17, 15) is 4.79 Å². The van der Waals surface area contributed by atoms with Crippen molar-refractivity contribution in [1.29, 1.82) is 0 Å². The van der Waals surface area contributed by atoms with E-state index in [2.05, 4.69) is 20.7 Å². The van der Waals surface area contributed by atoms with Crippen LogP contribution in [0.1, 0.15) is 10.5 Å². The second-order valence-corrected chi connectivity index (χ2v) is 5.70. The van der Waals surface area contributed by atoms with Crippen LogP contribution in [0.2, 0.25) is 5.02 Å². The Kier molecular flexibility index (Phi) is 4.20. The fourth-order valence-corrected chi connectivity index (χ4v) is 2.52. The molecule has 0 aliphatic carbocycles. The Balaban J connectivity index is 1.51. The van der Waals surface area contributed by atoms with Gasteiger partial charge in [-0.05, 0) is 12.1 Å². The van der Waals surface area contributed by atoms with Crippen molar-refractivity contribution in [3.05, 3.63) is 71.4 Å². The summed E-state index contributed by atoms with van der Waals surface area (Å²) in [6.45, 7) is 0. The Morgan fingerprint density at radius 1 is 1.00 bits per heavy atom. The van der Waals surface area contributed by atoms with Gasteiger partial charge >= 0.3 is 6.01 Å². The molecule has 0 bridgehead atoms. The van der Waals surface area contributed by atoms with Crippen molar-refractivity contribution in [3.8, 4) is 22.8 Å². The van der Waals surface area contributed by atoms with Gasteiger partial charge in [0.1, 0.15) is 0 Å². The minimum atomic E-state index is -0.523. The molecule has 0 spiro atoms. The topological polar surface area (TPSA) is 94.1 Å². The van der Waals surface area contributed by atoms with Crippen molar-refractivity contribution in [3.63, 3.8) is 0 Å². The average Bonchev–Trinajstić information content (AvgIpc) is 3.33. The molecule has 0 aliphatic heterocycles. The predicted octanol–water partition coefficient (Wildman–Crippen LogP) is 4.30. The number of amides is 1. The summed E-state index contributed by atoms with van der Waals surface area (Å²) in [7, 11) is 0. The SMILES string of the molecule is O=C(Nc1nnc(-c2ccccc2Cl)o1)c1cc(-c2ccccc2)on1. The molecule has 0 fully saturated rings. The quantitative estimate of drug-likeness (QED) is 0.578. The molecule has 4 rings (SSSR count). The highest BCUT2D eigenvalue weighted by molar-refractivity contribution is 6.33. The predicted molar refractivity (Wildman–Crippen MR) is 94.6 cm³/mol. The van der Waals surface area contributed by atoms with Gasteiger partial charge in [-0.25, -0.2) is 0 Å². The van der Waals surface area contributed by atoms with Gasteiger partial charge in [0, 0.05) is 11.6 Å². The zero-order valence-corrected chi connectivity index (χ0v) is 14.0. The second kappa shape index (κ2) is 6.81. The highest BCUT2D eigenvalue weighted by Crippen LogP contribution is 2.27. The van der Waals surface area contributed by atoms with E-state index >= 15 is 0 Å². The zero-order chi connectivity index (χ0) is 17.9. The van der Waals surface area contributed by atoms with E-state index < -0.39 is 5.91 Å². The Labute approximate surface area is 152 Å². The number of rotatable bonds is 4. The molecule has 0 atom stereocenters. The van der Waals surface area contributed by atoms with E-state index in [0.29, 0.717) is 16.3 Å².